The van der Waals surface area contributed by atoms with Crippen LogP contribution in [0.2, 0.25) is 5.02 Å². The van der Waals surface area contributed by atoms with Crippen LogP contribution in [0.5, 0.6) is 0 Å². The highest BCUT2D eigenvalue weighted by atomic mass is 35.5. The van der Waals surface area contributed by atoms with Gasteiger partial charge in [0.1, 0.15) is 5.01 Å². The van der Waals surface area contributed by atoms with Gasteiger partial charge in [-0.2, -0.15) is 5.10 Å². The molecule has 0 N–H and O–H groups in total. The molecular weight excluding hydrogens is 278 g/mol. The van der Waals surface area contributed by atoms with Crippen molar-refractivity contribution in [3.05, 3.63) is 34.1 Å². The summed E-state index contributed by atoms with van der Waals surface area (Å²) in [6.45, 7) is 5.25. The monoisotopic (exact) mass is 295 g/mol. The molecule has 0 saturated heterocycles. The first kappa shape index (κ1) is 14.3. The summed E-state index contributed by atoms with van der Waals surface area (Å²) in [6.07, 6.45) is 1.15. The van der Waals surface area contributed by atoms with Crippen molar-refractivity contribution in [1.29, 1.82) is 0 Å². The van der Waals surface area contributed by atoms with E-state index in [0.717, 1.165) is 33.4 Å². The zero-order valence-electron chi connectivity index (χ0n) is 11.4. The molecular formula is C14H18ClN3S. The lowest BCUT2D eigenvalue weighted by Crippen LogP contribution is -2.13. The van der Waals surface area contributed by atoms with Gasteiger partial charge in [-0.05, 0) is 18.1 Å². The fraction of sp³-hybridized carbons (Fsp3) is 0.429. The van der Waals surface area contributed by atoms with Crippen LogP contribution in [0.1, 0.15) is 20.3 Å². The molecule has 1 atom stereocenters. The minimum atomic E-state index is 0.612. The van der Waals surface area contributed by atoms with E-state index < -0.39 is 0 Å². The van der Waals surface area contributed by atoms with Crippen molar-refractivity contribution in [2.24, 2.45) is 18.0 Å². The highest BCUT2D eigenvalue weighted by Gasteiger charge is 2.05. The van der Waals surface area contributed by atoms with Gasteiger partial charge in [-0.25, -0.2) is 4.68 Å². The first-order chi connectivity index (χ1) is 9.10. The molecule has 1 unspecified atom stereocenters. The van der Waals surface area contributed by atoms with Gasteiger partial charge in [0.2, 0.25) is 4.80 Å². The van der Waals surface area contributed by atoms with Crippen LogP contribution in [-0.4, -0.2) is 16.3 Å². The van der Waals surface area contributed by atoms with E-state index >= 15 is 0 Å². The second-order valence-corrected chi connectivity index (χ2v) is 6.07. The molecule has 0 fully saturated rings. The molecule has 0 radical (unpaired) electrons. The van der Waals surface area contributed by atoms with E-state index in [-0.39, 0.29) is 0 Å². The van der Waals surface area contributed by atoms with Crippen LogP contribution in [0.4, 0.5) is 0 Å². The van der Waals surface area contributed by atoms with E-state index in [1.165, 1.54) is 0 Å². The summed E-state index contributed by atoms with van der Waals surface area (Å²) >= 11 is 7.51. The molecule has 0 saturated carbocycles. The largest absolute Gasteiger partial charge is 0.257 e. The fourth-order valence-corrected chi connectivity index (χ4v) is 2.59. The Morgan fingerprint density at radius 2 is 2.05 bits per heavy atom. The van der Waals surface area contributed by atoms with E-state index in [9.17, 15) is 0 Å². The first-order valence-corrected chi connectivity index (χ1v) is 7.60. The highest BCUT2D eigenvalue weighted by Crippen LogP contribution is 2.21. The molecule has 5 heteroatoms. The maximum Gasteiger partial charge on any atom is 0.203 e. The fourth-order valence-electron chi connectivity index (χ4n) is 1.56. The maximum absolute atomic E-state index is 5.90. The molecule has 0 spiro atoms. The average molecular weight is 296 g/mol. The molecule has 19 heavy (non-hydrogen) atoms. The summed E-state index contributed by atoms with van der Waals surface area (Å²) in [5, 5.41) is 6.23. The quantitative estimate of drug-likeness (QED) is 0.845. The number of aryl methyl sites for hydroxylation is 1. The second kappa shape index (κ2) is 6.35. The Morgan fingerprint density at radius 3 is 2.68 bits per heavy atom. The van der Waals surface area contributed by atoms with Crippen LogP contribution >= 0.6 is 22.9 Å². The molecule has 0 aliphatic rings. The summed E-state index contributed by atoms with van der Waals surface area (Å²) < 4.78 is 1.84. The third-order valence-corrected chi connectivity index (χ3v) is 4.37. The number of benzene rings is 1. The second-order valence-electron chi connectivity index (χ2n) is 4.67. The molecule has 3 nitrogen and oxygen atoms in total. The van der Waals surface area contributed by atoms with Crippen molar-refractivity contribution < 1.29 is 0 Å². The molecule has 0 bridgehead atoms. The minimum absolute atomic E-state index is 0.612. The van der Waals surface area contributed by atoms with Crippen molar-refractivity contribution in [3.63, 3.8) is 0 Å². The van der Waals surface area contributed by atoms with E-state index in [4.69, 9.17) is 11.6 Å². The molecule has 0 aliphatic heterocycles. The van der Waals surface area contributed by atoms with Crippen LogP contribution in [0.15, 0.2) is 29.3 Å². The maximum atomic E-state index is 5.90. The third-order valence-electron chi connectivity index (χ3n) is 3.03. The molecule has 1 heterocycles. The third kappa shape index (κ3) is 3.67. The van der Waals surface area contributed by atoms with Crippen molar-refractivity contribution in [1.82, 2.24) is 9.78 Å². The van der Waals surface area contributed by atoms with Crippen LogP contribution < -0.4 is 4.80 Å². The molecule has 102 valence electrons. The van der Waals surface area contributed by atoms with Gasteiger partial charge in [0, 0.05) is 24.2 Å². The van der Waals surface area contributed by atoms with Gasteiger partial charge in [-0.1, -0.05) is 55.3 Å². The van der Waals surface area contributed by atoms with Gasteiger partial charge < -0.3 is 0 Å². The Labute approximate surface area is 122 Å². The van der Waals surface area contributed by atoms with Gasteiger partial charge in [-0.15, -0.1) is 0 Å². The van der Waals surface area contributed by atoms with Gasteiger partial charge in [0.25, 0.3) is 0 Å². The van der Waals surface area contributed by atoms with E-state index in [1.807, 2.05) is 36.0 Å². The van der Waals surface area contributed by atoms with E-state index in [0.29, 0.717) is 5.92 Å². The molecule has 0 amide bonds. The lowest BCUT2D eigenvalue weighted by atomic mass is 10.1. The number of aromatic nitrogens is 2. The zero-order chi connectivity index (χ0) is 13.8. The summed E-state index contributed by atoms with van der Waals surface area (Å²) in [7, 11) is 1.94. The number of rotatable bonds is 4. The SMILES string of the molecule is CCC(C)CN=c1sc(-c2ccc(Cl)cc2)nn1C. The number of hydrogen-bond acceptors (Lipinski definition) is 3. The summed E-state index contributed by atoms with van der Waals surface area (Å²) in [4.78, 5) is 5.60. The molecule has 2 rings (SSSR count). The molecule has 0 aliphatic carbocycles. The summed E-state index contributed by atoms with van der Waals surface area (Å²) in [5.74, 6) is 0.612. The lowest BCUT2D eigenvalue weighted by Gasteiger charge is -2.01. The van der Waals surface area contributed by atoms with Crippen LogP contribution in [-0.2, 0) is 7.05 Å². The van der Waals surface area contributed by atoms with Gasteiger partial charge in [0.15, 0.2) is 0 Å². The molecule has 1 aromatic carbocycles. The normalized spacial score (nSPS) is 13.8. The van der Waals surface area contributed by atoms with Crippen molar-refractivity contribution >= 4 is 22.9 Å². The Morgan fingerprint density at radius 1 is 1.37 bits per heavy atom. The number of hydrogen-bond donors (Lipinski definition) is 0. The van der Waals surface area contributed by atoms with E-state index in [2.05, 4.69) is 23.9 Å². The minimum Gasteiger partial charge on any atom is -0.257 e. The Hall–Kier alpha value is -1.13. The van der Waals surface area contributed by atoms with Gasteiger partial charge >= 0.3 is 0 Å². The summed E-state index contributed by atoms with van der Waals surface area (Å²) in [6, 6.07) is 7.74. The zero-order valence-corrected chi connectivity index (χ0v) is 13.0. The standard InChI is InChI=1S/C14H18ClN3S/c1-4-10(2)9-16-14-18(3)17-13(19-14)11-5-7-12(15)8-6-11/h5-8,10H,4,9H2,1-3H3. The highest BCUT2D eigenvalue weighted by molar-refractivity contribution is 7.12. The Balaban J connectivity index is 2.28. The predicted octanol–water partition coefficient (Wildman–Crippen LogP) is 3.75. The smallest absolute Gasteiger partial charge is 0.203 e. The van der Waals surface area contributed by atoms with Crippen molar-refractivity contribution in [3.8, 4) is 10.6 Å². The lowest BCUT2D eigenvalue weighted by molar-refractivity contribution is 0.564. The van der Waals surface area contributed by atoms with Crippen LogP contribution in [0.3, 0.4) is 0 Å². The van der Waals surface area contributed by atoms with Crippen LogP contribution in [0.25, 0.3) is 10.6 Å². The van der Waals surface area contributed by atoms with Crippen molar-refractivity contribution in [2.45, 2.75) is 20.3 Å². The topological polar surface area (TPSA) is 30.2 Å². The molecule has 1 aromatic heterocycles. The first-order valence-electron chi connectivity index (χ1n) is 6.40. The Bertz CT molecular complexity index is 598. The number of nitrogens with zero attached hydrogens (tertiary/aromatic N) is 3. The average Bonchev–Trinajstić information content (AvgIpc) is 2.78. The number of halogens is 1. The van der Waals surface area contributed by atoms with Gasteiger partial charge in [0.05, 0.1) is 0 Å². The van der Waals surface area contributed by atoms with Crippen LogP contribution in [0, 0.1) is 5.92 Å². The molecule has 2 aromatic rings. The van der Waals surface area contributed by atoms with E-state index in [1.54, 1.807) is 11.3 Å². The van der Waals surface area contributed by atoms with Gasteiger partial charge in [-0.3, -0.25) is 4.99 Å². The predicted molar refractivity (Wildman–Crippen MR) is 81.4 cm³/mol. The summed E-state index contributed by atoms with van der Waals surface area (Å²) in [5.41, 5.74) is 1.08. The Kier molecular flexibility index (Phi) is 4.77. The van der Waals surface area contributed by atoms with Crippen molar-refractivity contribution in [2.75, 3.05) is 6.54 Å².